The molecule has 2 aromatic rings. The van der Waals surface area contributed by atoms with Gasteiger partial charge in [0.2, 0.25) is 17.4 Å². The summed E-state index contributed by atoms with van der Waals surface area (Å²) in [6.45, 7) is 5.67. The molecule has 150 valence electrons. The van der Waals surface area contributed by atoms with E-state index in [1.165, 1.54) is 4.90 Å². The van der Waals surface area contributed by atoms with Crippen molar-refractivity contribution in [3.05, 3.63) is 65.7 Å². The standard InChI is InChI=1S/C23H24N2O4/c1-4-29-22(28)23(3)18-17(19(24-23)15-10-8-9-14(2)13-15)20(26)25(21(18)27)16-11-6-5-7-12-16/h5-13,17-19,24H,4H2,1-3H3/p+1/t17-,18+,19-,23+/m0/s1. The first-order chi connectivity index (χ1) is 13.9. The lowest BCUT2D eigenvalue weighted by Crippen LogP contribution is -2.97. The number of para-hydroxylation sites is 1. The van der Waals surface area contributed by atoms with Crippen molar-refractivity contribution in [2.75, 3.05) is 11.5 Å². The van der Waals surface area contributed by atoms with Gasteiger partial charge in [-0.25, -0.2) is 9.69 Å². The maximum Gasteiger partial charge on any atom is 0.368 e. The Morgan fingerprint density at radius 1 is 1.10 bits per heavy atom. The van der Waals surface area contributed by atoms with Crippen LogP contribution in [0.2, 0.25) is 0 Å². The third-order valence-electron chi connectivity index (χ3n) is 6.07. The van der Waals surface area contributed by atoms with Gasteiger partial charge in [0.05, 0.1) is 12.3 Å². The minimum absolute atomic E-state index is 0.222. The predicted molar refractivity (Wildman–Crippen MR) is 107 cm³/mol. The number of hydrogen-bond donors (Lipinski definition) is 1. The zero-order valence-electron chi connectivity index (χ0n) is 16.8. The Balaban J connectivity index is 1.82. The largest absolute Gasteiger partial charge is 0.461 e. The van der Waals surface area contributed by atoms with E-state index in [2.05, 4.69) is 0 Å². The van der Waals surface area contributed by atoms with E-state index in [4.69, 9.17) is 4.74 Å². The van der Waals surface area contributed by atoms with Crippen LogP contribution in [-0.4, -0.2) is 29.9 Å². The van der Waals surface area contributed by atoms with Crippen LogP contribution in [0.1, 0.15) is 31.0 Å². The Hall–Kier alpha value is -2.99. The number of nitrogens with two attached hydrogens (primary N) is 1. The van der Waals surface area contributed by atoms with Crippen LogP contribution in [0.15, 0.2) is 54.6 Å². The van der Waals surface area contributed by atoms with Crippen molar-refractivity contribution in [1.29, 1.82) is 0 Å². The van der Waals surface area contributed by atoms with Gasteiger partial charge in [0.1, 0.15) is 17.9 Å². The molecule has 6 nitrogen and oxygen atoms in total. The summed E-state index contributed by atoms with van der Waals surface area (Å²) >= 11 is 0. The van der Waals surface area contributed by atoms with Gasteiger partial charge >= 0.3 is 5.97 Å². The summed E-state index contributed by atoms with van der Waals surface area (Å²) in [7, 11) is 0. The van der Waals surface area contributed by atoms with Gasteiger partial charge in [-0.05, 0) is 26.0 Å². The van der Waals surface area contributed by atoms with Gasteiger partial charge in [0, 0.05) is 12.5 Å². The molecule has 2 saturated heterocycles. The van der Waals surface area contributed by atoms with Gasteiger partial charge < -0.3 is 10.1 Å². The SMILES string of the molecule is CCOC(=O)[C@]1(C)[NH2+][C@@H](c2cccc(C)c2)[C@H]2C(=O)N(c3ccccc3)C(=O)[C@@H]21. The van der Waals surface area contributed by atoms with E-state index in [1.807, 2.05) is 42.6 Å². The third-order valence-corrected chi connectivity index (χ3v) is 6.07. The Bertz CT molecular complexity index is 974. The minimum Gasteiger partial charge on any atom is -0.461 e. The number of benzene rings is 2. The van der Waals surface area contributed by atoms with Crippen LogP contribution in [0, 0.1) is 18.8 Å². The molecule has 0 unspecified atom stereocenters. The number of imide groups is 1. The lowest BCUT2D eigenvalue weighted by Gasteiger charge is -2.26. The summed E-state index contributed by atoms with van der Waals surface area (Å²) in [6, 6.07) is 16.4. The molecule has 2 aromatic carbocycles. The highest BCUT2D eigenvalue weighted by atomic mass is 16.5. The van der Waals surface area contributed by atoms with Gasteiger partial charge in [0.25, 0.3) is 0 Å². The van der Waals surface area contributed by atoms with Gasteiger partial charge in [-0.2, -0.15) is 0 Å². The third kappa shape index (κ3) is 2.95. The lowest BCUT2D eigenvalue weighted by molar-refractivity contribution is -0.731. The van der Waals surface area contributed by atoms with Crippen LogP contribution in [0.4, 0.5) is 5.69 Å². The van der Waals surface area contributed by atoms with E-state index in [-0.39, 0.29) is 24.5 Å². The Kier molecular flexibility index (Phi) is 4.74. The number of quaternary nitrogens is 1. The summed E-state index contributed by atoms with van der Waals surface area (Å²) in [6.07, 6.45) is 0. The van der Waals surface area contributed by atoms with E-state index in [1.54, 1.807) is 38.1 Å². The predicted octanol–water partition coefficient (Wildman–Crippen LogP) is 1.74. The zero-order chi connectivity index (χ0) is 20.8. The van der Waals surface area contributed by atoms with Crippen LogP contribution in [0.25, 0.3) is 0 Å². The number of amides is 2. The van der Waals surface area contributed by atoms with Crippen molar-refractivity contribution < 1.29 is 24.4 Å². The van der Waals surface area contributed by atoms with Crippen LogP contribution in [0.3, 0.4) is 0 Å². The lowest BCUT2D eigenvalue weighted by atomic mass is 9.80. The number of aryl methyl sites for hydroxylation is 1. The molecule has 6 heteroatoms. The molecule has 0 aliphatic carbocycles. The van der Waals surface area contributed by atoms with Gasteiger partial charge in [-0.3, -0.25) is 9.59 Å². The first-order valence-electron chi connectivity index (χ1n) is 9.91. The fourth-order valence-corrected chi connectivity index (χ4v) is 4.76. The van der Waals surface area contributed by atoms with E-state index in [9.17, 15) is 14.4 Å². The molecule has 4 rings (SSSR count). The first kappa shape index (κ1) is 19.3. The van der Waals surface area contributed by atoms with Crippen LogP contribution >= 0.6 is 0 Å². The summed E-state index contributed by atoms with van der Waals surface area (Å²) < 4.78 is 5.32. The Labute approximate surface area is 169 Å². The molecule has 0 saturated carbocycles. The van der Waals surface area contributed by atoms with E-state index in [0.717, 1.165) is 11.1 Å². The quantitative estimate of drug-likeness (QED) is 0.634. The first-order valence-corrected chi connectivity index (χ1v) is 9.91. The molecule has 0 bridgehead atoms. The van der Waals surface area contributed by atoms with Crippen molar-refractivity contribution >= 4 is 23.5 Å². The van der Waals surface area contributed by atoms with E-state index >= 15 is 0 Å². The molecule has 2 N–H and O–H groups in total. The molecule has 0 spiro atoms. The van der Waals surface area contributed by atoms with Crippen molar-refractivity contribution in [1.82, 2.24) is 0 Å². The van der Waals surface area contributed by atoms with E-state index < -0.39 is 23.3 Å². The van der Waals surface area contributed by atoms with Gasteiger partial charge in [0.15, 0.2) is 0 Å². The maximum absolute atomic E-state index is 13.5. The summed E-state index contributed by atoms with van der Waals surface area (Å²) in [5.74, 6) is -2.46. The zero-order valence-corrected chi connectivity index (χ0v) is 16.8. The number of carbonyl (C=O) groups excluding carboxylic acids is 3. The van der Waals surface area contributed by atoms with E-state index in [0.29, 0.717) is 5.69 Å². The number of carbonyl (C=O) groups is 3. The van der Waals surface area contributed by atoms with Gasteiger partial charge in [-0.1, -0.05) is 48.0 Å². The van der Waals surface area contributed by atoms with Crippen molar-refractivity contribution in [2.45, 2.75) is 32.4 Å². The monoisotopic (exact) mass is 393 g/mol. The van der Waals surface area contributed by atoms with Crippen LogP contribution in [0.5, 0.6) is 0 Å². The van der Waals surface area contributed by atoms with Crippen molar-refractivity contribution in [3.63, 3.8) is 0 Å². The number of nitrogens with zero attached hydrogens (tertiary/aromatic N) is 1. The average Bonchev–Trinajstić information content (AvgIpc) is 3.17. The Morgan fingerprint density at radius 3 is 2.48 bits per heavy atom. The second-order valence-electron chi connectivity index (χ2n) is 7.96. The molecule has 0 aromatic heterocycles. The smallest absolute Gasteiger partial charge is 0.368 e. The number of esters is 1. The number of rotatable bonds is 4. The normalized spacial score (nSPS) is 28.5. The second kappa shape index (κ2) is 7.12. The minimum atomic E-state index is -1.16. The highest BCUT2D eigenvalue weighted by Crippen LogP contribution is 2.45. The summed E-state index contributed by atoms with van der Waals surface area (Å²) in [5, 5.41) is 1.85. The Morgan fingerprint density at radius 2 is 1.83 bits per heavy atom. The average molecular weight is 393 g/mol. The van der Waals surface area contributed by atoms with Crippen LogP contribution < -0.4 is 10.2 Å². The molecule has 2 aliphatic heterocycles. The summed E-state index contributed by atoms with van der Waals surface area (Å²) in [4.78, 5) is 41.1. The number of fused-ring (bicyclic) bond motifs is 1. The molecular formula is C23H25N2O4+. The highest BCUT2D eigenvalue weighted by molar-refractivity contribution is 6.23. The fourth-order valence-electron chi connectivity index (χ4n) is 4.76. The maximum atomic E-state index is 13.5. The molecule has 4 atom stereocenters. The fraction of sp³-hybridized carbons (Fsp3) is 0.348. The summed E-state index contributed by atoms with van der Waals surface area (Å²) in [5.41, 5.74) is 1.37. The number of ether oxygens (including phenoxy) is 1. The molecule has 29 heavy (non-hydrogen) atoms. The molecule has 2 amide bonds. The number of hydrogen-bond acceptors (Lipinski definition) is 4. The molecule has 0 radical (unpaired) electrons. The van der Waals surface area contributed by atoms with Crippen LogP contribution in [-0.2, 0) is 19.1 Å². The van der Waals surface area contributed by atoms with Gasteiger partial charge in [-0.15, -0.1) is 0 Å². The van der Waals surface area contributed by atoms with Crippen molar-refractivity contribution in [3.8, 4) is 0 Å². The topological polar surface area (TPSA) is 80.3 Å². The van der Waals surface area contributed by atoms with Crippen molar-refractivity contribution in [2.24, 2.45) is 11.8 Å². The molecule has 2 aliphatic rings. The second-order valence-corrected chi connectivity index (χ2v) is 7.96. The highest BCUT2D eigenvalue weighted by Gasteiger charge is 2.70. The molecule has 2 heterocycles. The molecular weight excluding hydrogens is 368 g/mol. The molecule has 2 fully saturated rings. The number of anilines is 1.